The maximum Gasteiger partial charge on any atom is 0.323 e. The number of carbonyl (C=O) groups is 5. The van der Waals surface area contributed by atoms with Crippen LogP contribution in [0.2, 0.25) is 0 Å². The first-order valence-corrected chi connectivity index (χ1v) is 49.3. The average Bonchev–Trinajstić information content (AvgIpc) is 1.62. The number of anilines is 6. The van der Waals surface area contributed by atoms with Crippen LogP contribution in [0.1, 0.15) is 97.3 Å². The zero-order chi connectivity index (χ0) is 89.8. The summed E-state index contributed by atoms with van der Waals surface area (Å²) in [5.74, 6) is 10.7. The second-order valence-corrected chi connectivity index (χ2v) is 41.0. The Labute approximate surface area is 756 Å². The van der Waals surface area contributed by atoms with Crippen LogP contribution in [0.3, 0.4) is 0 Å². The number of aliphatic hydroxyl groups excluding tert-OH is 1. The minimum Gasteiger partial charge on any atom is -0.383 e. The predicted octanol–water partition coefficient (Wildman–Crippen LogP) is 7.31. The maximum atomic E-state index is 12.6. The van der Waals surface area contributed by atoms with Crippen LogP contribution in [0.4, 0.5) is 39.0 Å². The number of hydrogen-bond donors (Lipinski definition) is 9. The van der Waals surface area contributed by atoms with Crippen molar-refractivity contribution in [2.24, 2.45) is 59.2 Å². The zero-order valence-electron chi connectivity index (χ0n) is 74.3. The van der Waals surface area contributed by atoms with Gasteiger partial charge in [0, 0.05) is 162 Å². The van der Waals surface area contributed by atoms with Gasteiger partial charge in [-0.15, -0.1) is 10.2 Å². The van der Waals surface area contributed by atoms with Gasteiger partial charge < -0.3 is 84.1 Å². The predicted molar refractivity (Wildman–Crippen MR) is 495 cm³/mol. The van der Waals surface area contributed by atoms with E-state index < -0.39 is 27.8 Å². The molecule has 11 aromatic rings. The lowest BCUT2D eigenvalue weighted by Crippen LogP contribution is -2.46. The summed E-state index contributed by atoms with van der Waals surface area (Å²) in [4.78, 5) is 142. The van der Waals surface area contributed by atoms with Gasteiger partial charge in [-0.1, -0.05) is 18.3 Å². The molecule has 11 fully saturated rings. The molecule has 11 aromatic heterocycles. The molecule has 11 aliphatic rings. The molecule has 0 aromatic carbocycles. The summed E-state index contributed by atoms with van der Waals surface area (Å²) >= 11 is 2.95. The second-order valence-electron chi connectivity index (χ2n) is 37.5. The van der Waals surface area contributed by atoms with Crippen molar-refractivity contribution in [3.8, 4) is 0 Å². The Morgan fingerprint density at radius 2 is 0.767 bits per heavy atom. The summed E-state index contributed by atoms with van der Waals surface area (Å²) in [6.07, 6.45) is 32.1. The van der Waals surface area contributed by atoms with Crippen LogP contribution in [0, 0.1) is 59.2 Å². The molecule has 686 valence electrons. The van der Waals surface area contributed by atoms with Crippen molar-refractivity contribution >= 4 is 152 Å². The van der Waals surface area contributed by atoms with E-state index in [1.807, 2.05) is 94.1 Å². The fourth-order valence-corrected chi connectivity index (χ4v) is 24.3. The first-order valence-electron chi connectivity index (χ1n) is 45.1. The molecule has 17 atom stereocenters. The van der Waals surface area contributed by atoms with Crippen LogP contribution in [0.5, 0.6) is 0 Å². The first kappa shape index (κ1) is 88.6. The third-order valence-electron chi connectivity index (χ3n) is 29.7. The van der Waals surface area contributed by atoms with E-state index in [4.69, 9.17) is 0 Å². The highest BCUT2D eigenvalue weighted by Crippen LogP contribution is 2.49. The monoisotopic (exact) mass is 1820 g/mol. The molecule has 0 radical (unpaired) electrons. The number of likely N-dealkylation sites (tertiary alicyclic amines) is 5. The molecule has 41 heteroatoms. The van der Waals surface area contributed by atoms with E-state index in [1.165, 1.54) is 11.3 Å². The summed E-state index contributed by atoms with van der Waals surface area (Å²) < 4.78 is 25.1. The number of nitrogens with one attached hydrogen (secondary N) is 7. The number of amides is 6. The van der Waals surface area contributed by atoms with Gasteiger partial charge in [0.15, 0.2) is 0 Å². The fraction of sp³-hybridized carbons (Fsp3) is 0.580. The highest BCUT2D eigenvalue weighted by Gasteiger charge is 2.55. The number of thioether (sulfide) groups is 1. The van der Waals surface area contributed by atoms with Gasteiger partial charge >= 0.3 is 6.03 Å². The summed E-state index contributed by atoms with van der Waals surface area (Å²) in [7, 11) is 7.13. The van der Waals surface area contributed by atoms with Crippen molar-refractivity contribution in [2.45, 2.75) is 145 Å². The molecule has 16 heterocycles. The van der Waals surface area contributed by atoms with Gasteiger partial charge in [0.25, 0.3) is 11.8 Å². The molecular formula is C88H117N29O9S3. The summed E-state index contributed by atoms with van der Waals surface area (Å²) in [6.45, 7) is 11.4. The lowest BCUT2D eigenvalue weighted by molar-refractivity contribution is -0.141. The Balaban J connectivity index is 0.000000109. The lowest BCUT2D eigenvalue weighted by Gasteiger charge is -2.28. The maximum absolute atomic E-state index is 12.6. The van der Waals surface area contributed by atoms with Crippen LogP contribution in [0.25, 0.3) is 55.2 Å². The van der Waals surface area contributed by atoms with Crippen molar-refractivity contribution in [3.63, 3.8) is 0 Å². The van der Waals surface area contributed by atoms with Gasteiger partial charge in [-0.3, -0.25) is 24.5 Å². The van der Waals surface area contributed by atoms with Gasteiger partial charge in [-0.05, 0) is 186 Å². The Morgan fingerprint density at radius 1 is 0.473 bits per heavy atom. The lowest BCUT2D eigenvalue weighted by atomic mass is 10.0. The third-order valence-corrected chi connectivity index (χ3v) is 31.6. The number of aliphatic hydroxyl groups is 2. The number of fused-ring (bicyclic) bond motifs is 10. The number of carbonyl (C=O) groups excluding carboxylic acids is 5. The largest absolute Gasteiger partial charge is 0.383 e. The molecule has 22 rings (SSSR count). The first-order chi connectivity index (χ1) is 62.2. The standard InChI is InChI=1S/C18H26N6O3S.C18H23N5O2.C18H25N5O2.C17H20N8OS.C17H23N5OS/c1-11(22-28(3,26)27)18(25)24-8-12-6-14(7-13(12)9-24)23(2)17-15-4-5-19-16(15)20-10-21-17;1-22(16-14-2-5-19-15(14)20-10-21-16)13-6-11-8-23(9-12(11)7-13)17(24)18(25)3-4-18;1-3-15(24)18(25)23-8-11-6-13(7-12(11)9-23)22(2)17-14-4-5-19-16(14)20-10-21-17;1-24(15-13-2-3-18-14(13)19-8-20-15)12-4-10-6-25(7-11(10)5-12)17(26)22-16-23-21-9-27-16;1-21(17-14-3-4-18-16(14)19-10-20-17)13-5-11-7-22(8-12(11)6-13)15(23)9-24-2/h4-5,10-14,22H,6-9H2,1-3H3,(H,19,20,21);2,5,10-13,25H,3-4,6-9H2,1H3,(H,19,20,21);4-5,10-13,15,24H,3,6-9H2,1-2H3,(H,19,20,21);2-3,8-12H,4-7H2,1H3,(H,18,19,20)(H,22,23,26);3-4,10-13H,5-9H2,1-2H3,(H,18,19,20)/t11-,12-,13+,14?;11-,12+,13?;11-,12+,13?,15-;10-,11+,12?;11-,12+,13?/m1.1../s1. The van der Waals surface area contributed by atoms with E-state index >= 15 is 0 Å². The van der Waals surface area contributed by atoms with E-state index in [1.54, 1.807) is 55.8 Å². The highest BCUT2D eigenvalue weighted by molar-refractivity contribution is 7.99. The molecule has 0 spiro atoms. The van der Waals surface area contributed by atoms with E-state index in [2.05, 4.69) is 160 Å². The molecule has 5 unspecified atom stereocenters. The summed E-state index contributed by atoms with van der Waals surface area (Å²) in [5, 5.41) is 36.1. The van der Waals surface area contributed by atoms with E-state index in [9.17, 15) is 42.6 Å². The van der Waals surface area contributed by atoms with Gasteiger partial charge in [-0.2, -0.15) is 11.8 Å². The molecule has 5 saturated heterocycles. The number of aromatic amines is 5. The quantitative estimate of drug-likeness (QED) is 0.0383. The van der Waals surface area contributed by atoms with Crippen LogP contribution in [-0.2, 0) is 29.2 Å². The van der Waals surface area contributed by atoms with Crippen molar-refractivity contribution < 1.29 is 42.6 Å². The minimum absolute atomic E-state index is 0.0448. The number of nitrogens with zero attached hydrogens (tertiary/aromatic N) is 22. The second kappa shape index (κ2) is 37.1. The average molecular weight is 1820 g/mol. The normalized spacial score (nSPS) is 26.5. The molecule has 0 bridgehead atoms. The van der Waals surface area contributed by atoms with E-state index in [-0.39, 0.29) is 23.8 Å². The number of aromatic nitrogens is 17. The molecule has 9 N–H and O–H groups in total. The van der Waals surface area contributed by atoms with Crippen molar-refractivity contribution in [2.75, 3.05) is 149 Å². The Bertz CT molecular complexity index is 5880. The molecule has 129 heavy (non-hydrogen) atoms. The Kier molecular flexibility index (Phi) is 25.5. The van der Waals surface area contributed by atoms with Crippen LogP contribution in [0.15, 0.2) is 98.5 Å². The smallest absolute Gasteiger partial charge is 0.323 e. The zero-order valence-corrected chi connectivity index (χ0v) is 76.8. The van der Waals surface area contributed by atoms with Crippen LogP contribution in [-0.4, -0.2) is 325 Å². The number of rotatable bonds is 19. The number of sulfonamides is 1. The van der Waals surface area contributed by atoms with Crippen molar-refractivity contribution in [3.05, 3.63) is 98.5 Å². The molecule has 6 saturated carbocycles. The fourth-order valence-electron chi connectivity index (χ4n) is 22.6. The number of urea groups is 1. The highest BCUT2D eigenvalue weighted by atomic mass is 32.2. The third kappa shape index (κ3) is 18.5. The van der Waals surface area contributed by atoms with Gasteiger partial charge in [0.05, 0.1) is 45.0 Å². The Morgan fingerprint density at radius 3 is 1.05 bits per heavy atom. The molecule has 6 aliphatic carbocycles. The topological polar surface area (TPSA) is 450 Å². The Hall–Kier alpha value is -11.0. The van der Waals surface area contributed by atoms with Crippen LogP contribution >= 0.6 is 23.1 Å². The number of H-pyrrole nitrogens is 5. The molecular weight excluding hydrogens is 1700 g/mol. The van der Waals surface area contributed by atoms with E-state index in [0.717, 1.165) is 207 Å². The number of hydrogen-bond acceptors (Lipinski definition) is 28. The van der Waals surface area contributed by atoms with Crippen LogP contribution < -0.4 is 34.5 Å². The van der Waals surface area contributed by atoms with Gasteiger partial charge in [-0.25, -0.2) is 67.8 Å². The van der Waals surface area contributed by atoms with E-state index in [0.29, 0.717) is 139 Å². The van der Waals surface area contributed by atoms with Gasteiger partial charge in [0.1, 0.15) is 106 Å². The molecule has 5 aliphatic heterocycles. The molecule has 38 nitrogen and oxygen atoms in total. The van der Waals surface area contributed by atoms with Crippen molar-refractivity contribution in [1.29, 1.82) is 0 Å². The minimum atomic E-state index is -3.40. The molecule has 6 amide bonds. The van der Waals surface area contributed by atoms with Crippen molar-refractivity contribution in [1.82, 2.24) is 114 Å². The summed E-state index contributed by atoms with van der Waals surface area (Å²) in [5.41, 5.74) is 4.89. The van der Waals surface area contributed by atoms with Gasteiger partial charge in [0.2, 0.25) is 27.0 Å². The summed E-state index contributed by atoms with van der Waals surface area (Å²) in [6, 6.07) is 11.5. The SMILES string of the molecule is CC[C@@H](O)C(=O)N1C[C@H]2CC(N(C)c3ncnc4[nH]ccc34)C[C@H]2C1.CN(c1ncnc2[nH]ccc12)C1C[C@@H]2CN(C(=O)C3(O)CC3)C[C@@H]2C1.CN(c1ncnc2[nH]ccc12)C1C[C@@H]2CN(C(=O)Nc3nncs3)C[C@@H]2C1.CSCC(=O)N1C[C@H]2CC(N(C)c3ncnc4[nH]ccc34)C[C@H]2C1.C[C@@H](NS(C)(=O)=O)C(=O)N1C[C@H]2CC(N(C)c3ncnc4[nH]ccc34)C[C@H]2C1.